The number of ether oxygens (including phenoxy) is 1. The first kappa shape index (κ1) is 23.0. The Balaban J connectivity index is 2.35. The van der Waals surface area contributed by atoms with Crippen LogP contribution in [0, 0.1) is 18.3 Å². The SMILES string of the molecule is Cc1ccc(-c2c(/C=C(\C#N)C(=O)OC(C)(C)C)n(CCCO)c3ncnc(N)c23)cc1. The molecule has 0 radical (unpaired) electrons. The third-order valence-corrected chi connectivity index (χ3v) is 4.81. The molecule has 0 aliphatic rings. The van der Waals surface area contributed by atoms with Gasteiger partial charge in [-0.15, -0.1) is 0 Å². The van der Waals surface area contributed by atoms with Crippen LogP contribution >= 0.6 is 0 Å². The molecule has 8 heteroatoms. The Morgan fingerprint density at radius 1 is 1.28 bits per heavy atom. The van der Waals surface area contributed by atoms with Gasteiger partial charge in [0.15, 0.2) is 0 Å². The van der Waals surface area contributed by atoms with E-state index in [0.717, 1.165) is 11.1 Å². The lowest BCUT2D eigenvalue weighted by molar-refractivity contribution is -0.149. The molecule has 0 bridgehead atoms. The first-order valence-corrected chi connectivity index (χ1v) is 10.3. The summed E-state index contributed by atoms with van der Waals surface area (Å²) < 4.78 is 7.26. The second kappa shape index (κ2) is 9.20. The lowest BCUT2D eigenvalue weighted by Gasteiger charge is -2.19. The predicted molar refractivity (Wildman–Crippen MR) is 123 cm³/mol. The summed E-state index contributed by atoms with van der Waals surface area (Å²) in [6.07, 6.45) is 3.33. The van der Waals surface area contributed by atoms with Crippen molar-refractivity contribution in [3.8, 4) is 17.2 Å². The van der Waals surface area contributed by atoms with Gasteiger partial charge in [-0.05, 0) is 45.8 Å². The van der Waals surface area contributed by atoms with Gasteiger partial charge in [-0.1, -0.05) is 29.8 Å². The van der Waals surface area contributed by atoms with Crippen LogP contribution in [0.25, 0.3) is 28.2 Å². The van der Waals surface area contributed by atoms with E-state index in [1.807, 2.05) is 41.8 Å². The number of hydrogen-bond acceptors (Lipinski definition) is 7. The Morgan fingerprint density at radius 3 is 2.56 bits per heavy atom. The van der Waals surface area contributed by atoms with Gasteiger partial charge in [-0.25, -0.2) is 14.8 Å². The minimum atomic E-state index is -0.744. The van der Waals surface area contributed by atoms with Crippen LogP contribution in [-0.2, 0) is 16.1 Å². The van der Waals surface area contributed by atoms with Crippen molar-refractivity contribution in [1.29, 1.82) is 5.26 Å². The molecule has 1 aromatic carbocycles. The zero-order chi connectivity index (χ0) is 23.5. The Kier molecular flexibility index (Phi) is 6.61. The number of nitrogens with two attached hydrogens (primary N) is 1. The number of benzene rings is 1. The van der Waals surface area contributed by atoms with E-state index in [-0.39, 0.29) is 12.2 Å². The van der Waals surface area contributed by atoms with Gasteiger partial charge in [0.1, 0.15) is 35.0 Å². The highest BCUT2D eigenvalue weighted by molar-refractivity contribution is 6.07. The van der Waals surface area contributed by atoms with Crippen LogP contribution in [0.1, 0.15) is 38.4 Å². The van der Waals surface area contributed by atoms with Gasteiger partial charge in [-0.2, -0.15) is 5.26 Å². The molecular formula is C24H27N5O3. The van der Waals surface area contributed by atoms with Crippen LogP contribution < -0.4 is 5.73 Å². The molecule has 0 saturated heterocycles. The monoisotopic (exact) mass is 433 g/mol. The molecule has 0 fully saturated rings. The van der Waals surface area contributed by atoms with Gasteiger partial charge in [0.25, 0.3) is 0 Å². The number of carbonyl (C=O) groups is 1. The fourth-order valence-electron chi connectivity index (χ4n) is 3.44. The van der Waals surface area contributed by atoms with Crippen LogP contribution in [0.15, 0.2) is 36.2 Å². The highest BCUT2D eigenvalue weighted by Crippen LogP contribution is 2.38. The summed E-state index contributed by atoms with van der Waals surface area (Å²) in [7, 11) is 0. The summed E-state index contributed by atoms with van der Waals surface area (Å²) >= 11 is 0. The van der Waals surface area contributed by atoms with Gasteiger partial charge in [0.05, 0.1) is 11.1 Å². The average molecular weight is 434 g/mol. The van der Waals surface area contributed by atoms with Gasteiger partial charge in [-0.3, -0.25) is 0 Å². The second-order valence-electron chi connectivity index (χ2n) is 8.48. The van der Waals surface area contributed by atoms with E-state index in [1.165, 1.54) is 12.4 Å². The van der Waals surface area contributed by atoms with Crippen molar-refractivity contribution < 1.29 is 14.6 Å². The van der Waals surface area contributed by atoms with E-state index in [1.54, 1.807) is 20.8 Å². The van der Waals surface area contributed by atoms with Crippen molar-refractivity contribution in [1.82, 2.24) is 14.5 Å². The van der Waals surface area contributed by atoms with E-state index >= 15 is 0 Å². The van der Waals surface area contributed by atoms with Crippen LogP contribution in [0.3, 0.4) is 0 Å². The zero-order valence-corrected chi connectivity index (χ0v) is 18.7. The summed E-state index contributed by atoms with van der Waals surface area (Å²) in [5, 5.41) is 19.8. The number of nitriles is 1. The molecule has 0 spiro atoms. The number of aromatic nitrogens is 3. The van der Waals surface area contributed by atoms with Crippen LogP contribution in [0.4, 0.5) is 5.82 Å². The van der Waals surface area contributed by atoms with Crippen molar-refractivity contribution in [3.05, 3.63) is 47.4 Å². The van der Waals surface area contributed by atoms with E-state index in [0.29, 0.717) is 41.1 Å². The van der Waals surface area contributed by atoms with Crippen LogP contribution in [0.2, 0.25) is 0 Å². The van der Waals surface area contributed by atoms with Gasteiger partial charge in [0, 0.05) is 18.7 Å². The molecule has 0 saturated carbocycles. The number of carbonyl (C=O) groups excluding carboxylic acids is 1. The Labute approximate surface area is 187 Å². The molecule has 2 aromatic heterocycles. The number of aliphatic hydroxyl groups is 1. The minimum Gasteiger partial charge on any atom is -0.456 e. The average Bonchev–Trinajstić information content (AvgIpc) is 3.04. The Morgan fingerprint density at radius 2 is 1.97 bits per heavy atom. The molecule has 0 atom stereocenters. The highest BCUT2D eigenvalue weighted by atomic mass is 16.6. The van der Waals surface area contributed by atoms with Crippen molar-refractivity contribution in [2.45, 2.75) is 46.3 Å². The van der Waals surface area contributed by atoms with Crippen molar-refractivity contribution in [3.63, 3.8) is 0 Å². The first-order valence-electron chi connectivity index (χ1n) is 10.3. The lowest BCUT2D eigenvalue weighted by Crippen LogP contribution is -2.24. The molecule has 166 valence electrons. The van der Waals surface area contributed by atoms with Crippen LogP contribution in [0.5, 0.6) is 0 Å². The number of hydrogen-bond donors (Lipinski definition) is 2. The molecule has 0 aliphatic carbocycles. The lowest BCUT2D eigenvalue weighted by atomic mass is 10.0. The molecule has 0 amide bonds. The van der Waals surface area contributed by atoms with Gasteiger partial charge < -0.3 is 20.1 Å². The van der Waals surface area contributed by atoms with Crippen molar-refractivity contribution in [2.75, 3.05) is 12.3 Å². The molecule has 32 heavy (non-hydrogen) atoms. The molecule has 3 aromatic rings. The molecular weight excluding hydrogens is 406 g/mol. The standard InChI is InChI=1S/C24H27N5O3/c1-15-6-8-16(9-7-15)19-18(12-17(13-25)23(31)32-24(2,3)4)29(10-5-11-30)22-20(19)21(26)27-14-28-22/h6-9,12,14,30H,5,10-11H2,1-4H3,(H2,26,27,28)/b17-12+. The van der Waals surface area contributed by atoms with Crippen molar-refractivity contribution in [2.24, 2.45) is 0 Å². The smallest absolute Gasteiger partial charge is 0.349 e. The topological polar surface area (TPSA) is 127 Å². The molecule has 0 aliphatic heterocycles. The Bertz CT molecular complexity index is 1210. The van der Waals surface area contributed by atoms with E-state index in [2.05, 4.69) is 9.97 Å². The molecule has 3 N–H and O–H groups in total. The summed E-state index contributed by atoms with van der Waals surface area (Å²) in [4.78, 5) is 21.3. The fraction of sp³-hybridized carbons (Fsp3) is 0.333. The summed E-state index contributed by atoms with van der Waals surface area (Å²) in [6.45, 7) is 7.60. The van der Waals surface area contributed by atoms with E-state index in [4.69, 9.17) is 10.5 Å². The number of aliphatic hydroxyl groups excluding tert-OH is 1. The molecule has 8 nitrogen and oxygen atoms in total. The number of anilines is 1. The first-order chi connectivity index (χ1) is 15.2. The fourth-order valence-corrected chi connectivity index (χ4v) is 3.44. The summed E-state index contributed by atoms with van der Waals surface area (Å²) in [5.74, 6) is -0.424. The predicted octanol–water partition coefficient (Wildman–Crippen LogP) is 3.62. The minimum absolute atomic E-state index is 0.0273. The largest absolute Gasteiger partial charge is 0.456 e. The number of aryl methyl sites for hydroxylation is 2. The molecule has 0 unspecified atom stereocenters. The van der Waals surface area contributed by atoms with Crippen molar-refractivity contribution >= 4 is 28.9 Å². The normalized spacial score (nSPS) is 12.1. The number of rotatable bonds is 6. The number of esters is 1. The Hall–Kier alpha value is -3.70. The number of nitrogens with zero attached hydrogens (tertiary/aromatic N) is 4. The maximum absolute atomic E-state index is 12.7. The number of fused-ring (bicyclic) bond motifs is 1. The third kappa shape index (κ3) is 4.79. The highest BCUT2D eigenvalue weighted by Gasteiger charge is 2.24. The number of nitrogen functional groups attached to an aromatic ring is 1. The maximum atomic E-state index is 12.7. The second-order valence-corrected chi connectivity index (χ2v) is 8.48. The van der Waals surface area contributed by atoms with E-state index < -0.39 is 11.6 Å². The summed E-state index contributed by atoms with van der Waals surface area (Å²) in [6, 6.07) is 9.80. The zero-order valence-electron chi connectivity index (χ0n) is 18.7. The third-order valence-electron chi connectivity index (χ3n) is 4.81. The van der Waals surface area contributed by atoms with Crippen LogP contribution in [-0.4, -0.2) is 37.8 Å². The molecule has 2 heterocycles. The summed E-state index contributed by atoms with van der Waals surface area (Å²) in [5.41, 5.74) is 9.15. The van der Waals surface area contributed by atoms with Gasteiger partial charge >= 0.3 is 5.97 Å². The van der Waals surface area contributed by atoms with E-state index in [9.17, 15) is 15.2 Å². The quantitative estimate of drug-likeness (QED) is 0.345. The van der Waals surface area contributed by atoms with Gasteiger partial charge in [0.2, 0.25) is 0 Å². The molecule has 3 rings (SSSR count). The maximum Gasteiger partial charge on any atom is 0.349 e.